The highest BCUT2D eigenvalue weighted by Gasteiger charge is 2.27. The minimum absolute atomic E-state index is 0.330. The van der Waals surface area contributed by atoms with Gasteiger partial charge in [0, 0.05) is 29.3 Å². The molecule has 23 heavy (non-hydrogen) atoms. The number of nitrogens with one attached hydrogen (secondary N) is 1. The molecular weight excluding hydrogens is 378 g/mol. The van der Waals surface area contributed by atoms with Crippen molar-refractivity contribution in [2.24, 2.45) is 0 Å². The van der Waals surface area contributed by atoms with E-state index in [1.54, 1.807) is 0 Å². The molecule has 2 aromatic rings. The predicted molar refractivity (Wildman–Crippen MR) is 82.5 cm³/mol. The molecule has 1 atom stereocenters. The van der Waals surface area contributed by atoms with E-state index in [9.17, 15) is 17.6 Å². The Hall–Kier alpha value is -1.83. The van der Waals surface area contributed by atoms with Crippen molar-refractivity contribution in [2.45, 2.75) is 12.5 Å². The zero-order valence-corrected chi connectivity index (χ0v) is 13.4. The highest BCUT2D eigenvalue weighted by molar-refractivity contribution is 9.10. The van der Waals surface area contributed by atoms with Gasteiger partial charge in [0.2, 0.25) is 11.6 Å². The molecule has 1 N–H and O–H groups in total. The Kier molecular flexibility index (Phi) is 4.43. The summed E-state index contributed by atoms with van der Waals surface area (Å²) in [5.74, 6) is -6.33. The van der Waals surface area contributed by atoms with Crippen molar-refractivity contribution in [3.8, 4) is 0 Å². The van der Waals surface area contributed by atoms with Gasteiger partial charge in [-0.05, 0) is 30.7 Å². The van der Waals surface area contributed by atoms with Crippen LogP contribution in [0.15, 0.2) is 28.7 Å². The zero-order valence-electron chi connectivity index (χ0n) is 11.8. The second kappa shape index (κ2) is 6.35. The lowest BCUT2D eigenvalue weighted by Gasteiger charge is -2.20. The van der Waals surface area contributed by atoms with Gasteiger partial charge in [0.1, 0.15) is 5.69 Å². The minimum Gasteiger partial charge on any atom is -0.375 e. The predicted octanol–water partition coefficient (Wildman–Crippen LogP) is 4.09. The molecule has 1 aliphatic rings. The van der Waals surface area contributed by atoms with Crippen molar-refractivity contribution < 1.29 is 17.6 Å². The standard InChI is InChI=1S/C15H12BrF4N3/c16-8-1-3-10(4-2-8)23-6-5-9(7-23)21-13-11(17)14(19)22-15(20)12(13)18/h1-4,9H,5-7H2,(H,21,22). The number of nitrogens with zero attached hydrogens (tertiary/aromatic N) is 2. The summed E-state index contributed by atoms with van der Waals surface area (Å²) < 4.78 is 54.5. The average molecular weight is 390 g/mol. The third-order valence-electron chi connectivity index (χ3n) is 3.73. The van der Waals surface area contributed by atoms with Gasteiger partial charge < -0.3 is 10.2 Å². The van der Waals surface area contributed by atoms with Crippen LogP contribution in [0.2, 0.25) is 0 Å². The van der Waals surface area contributed by atoms with Crippen LogP contribution in [-0.4, -0.2) is 24.1 Å². The largest absolute Gasteiger partial charge is 0.375 e. The van der Waals surface area contributed by atoms with E-state index in [4.69, 9.17) is 0 Å². The average Bonchev–Trinajstić information content (AvgIpc) is 2.99. The normalized spacial score (nSPS) is 17.6. The summed E-state index contributed by atoms with van der Waals surface area (Å²) in [4.78, 5) is 4.56. The summed E-state index contributed by atoms with van der Waals surface area (Å²) in [5, 5.41) is 2.55. The third kappa shape index (κ3) is 3.26. The summed E-state index contributed by atoms with van der Waals surface area (Å²) in [5.41, 5.74) is 0.156. The molecular formula is C15H12BrF4N3. The van der Waals surface area contributed by atoms with Crippen LogP contribution in [0, 0.1) is 23.5 Å². The molecule has 1 fully saturated rings. The Bertz CT molecular complexity index is 697. The maximum Gasteiger partial charge on any atom is 0.253 e. The van der Waals surface area contributed by atoms with Crippen LogP contribution >= 0.6 is 15.9 Å². The van der Waals surface area contributed by atoms with Gasteiger partial charge in [-0.15, -0.1) is 0 Å². The highest BCUT2D eigenvalue weighted by atomic mass is 79.9. The summed E-state index contributed by atoms with van der Waals surface area (Å²) in [6.07, 6.45) is 0.584. The first-order chi connectivity index (χ1) is 11.0. The topological polar surface area (TPSA) is 28.2 Å². The van der Waals surface area contributed by atoms with Crippen molar-refractivity contribution in [3.05, 3.63) is 52.3 Å². The molecule has 1 unspecified atom stereocenters. The van der Waals surface area contributed by atoms with Gasteiger partial charge in [-0.1, -0.05) is 15.9 Å². The molecule has 3 rings (SSSR count). The van der Waals surface area contributed by atoms with Gasteiger partial charge in [-0.3, -0.25) is 0 Å². The molecule has 1 aromatic carbocycles. The van der Waals surface area contributed by atoms with Gasteiger partial charge in [0.25, 0.3) is 11.9 Å². The lowest BCUT2D eigenvalue weighted by molar-refractivity contribution is 0.409. The van der Waals surface area contributed by atoms with Crippen LogP contribution < -0.4 is 10.2 Å². The molecule has 0 spiro atoms. The summed E-state index contributed by atoms with van der Waals surface area (Å²) in [6.45, 7) is 1.13. The monoisotopic (exact) mass is 389 g/mol. The highest BCUT2D eigenvalue weighted by Crippen LogP contribution is 2.27. The van der Waals surface area contributed by atoms with Crippen molar-refractivity contribution in [2.75, 3.05) is 23.3 Å². The number of pyridine rings is 1. The summed E-state index contributed by atoms with van der Waals surface area (Å²) in [7, 11) is 0. The van der Waals surface area contributed by atoms with Gasteiger partial charge in [0.15, 0.2) is 0 Å². The Morgan fingerprint density at radius 2 is 1.65 bits per heavy atom. The summed E-state index contributed by atoms with van der Waals surface area (Å²) in [6, 6.07) is 7.29. The van der Waals surface area contributed by atoms with Crippen molar-refractivity contribution >= 4 is 27.3 Å². The van der Waals surface area contributed by atoms with Gasteiger partial charge in [0.05, 0.1) is 0 Å². The van der Waals surface area contributed by atoms with Crippen LogP contribution in [0.5, 0.6) is 0 Å². The second-order valence-electron chi connectivity index (χ2n) is 5.25. The molecule has 0 saturated carbocycles. The molecule has 0 radical (unpaired) electrons. The minimum atomic E-state index is -1.66. The van der Waals surface area contributed by atoms with Crippen molar-refractivity contribution in [3.63, 3.8) is 0 Å². The van der Waals surface area contributed by atoms with Gasteiger partial charge >= 0.3 is 0 Å². The Morgan fingerprint density at radius 1 is 1.04 bits per heavy atom. The number of halogens is 5. The van der Waals surface area contributed by atoms with Crippen LogP contribution in [0.3, 0.4) is 0 Å². The Morgan fingerprint density at radius 3 is 2.26 bits per heavy atom. The fourth-order valence-corrected chi connectivity index (χ4v) is 2.85. The molecule has 0 bridgehead atoms. The smallest absolute Gasteiger partial charge is 0.253 e. The van der Waals surface area contributed by atoms with Crippen LogP contribution in [-0.2, 0) is 0 Å². The number of rotatable bonds is 3. The number of anilines is 2. The maximum atomic E-state index is 13.6. The van der Waals surface area contributed by atoms with E-state index >= 15 is 0 Å². The first kappa shape index (κ1) is 16.0. The zero-order chi connectivity index (χ0) is 16.6. The molecule has 1 aliphatic heterocycles. The quantitative estimate of drug-likeness (QED) is 0.632. The second-order valence-corrected chi connectivity index (χ2v) is 6.16. The van der Waals surface area contributed by atoms with E-state index in [1.165, 1.54) is 0 Å². The Balaban J connectivity index is 1.75. The van der Waals surface area contributed by atoms with Gasteiger partial charge in [-0.2, -0.15) is 22.5 Å². The molecule has 122 valence electrons. The van der Waals surface area contributed by atoms with E-state index in [0.717, 1.165) is 10.2 Å². The number of benzene rings is 1. The maximum absolute atomic E-state index is 13.6. The molecule has 2 heterocycles. The molecule has 8 heteroatoms. The number of hydrogen-bond acceptors (Lipinski definition) is 3. The number of aromatic nitrogens is 1. The molecule has 1 aromatic heterocycles. The van der Waals surface area contributed by atoms with Crippen LogP contribution in [0.1, 0.15) is 6.42 Å². The molecule has 1 saturated heterocycles. The van der Waals surface area contributed by atoms with E-state index in [-0.39, 0.29) is 6.04 Å². The van der Waals surface area contributed by atoms with Crippen LogP contribution in [0.4, 0.5) is 28.9 Å². The first-order valence-electron chi connectivity index (χ1n) is 6.92. The Labute approximate surface area is 138 Å². The van der Waals surface area contributed by atoms with Crippen molar-refractivity contribution in [1.82, 2.24) is 4.98 Å². The number of hydrogen-bond donors (Lipinski definition) is 1. The lowest BCUT2D eigenvalue weighted by atomic mass is 10.2. The van der Waals surface area contributed by atoms with E-state index in [2.05, 4.69) is 26.2 Å². The van der Waals surface area contributed by atoms with Gasteiger partial charge in [-0.25, -0.2) is 0 Å². The third-order valence-corrected chi connectivity index (χ3v) is 4.25. The fraction of sp³-hybridized carbons (Fsp3) is 0.267. The molecule has 0 amide bonds. The van der Waals surface area contributed by atoms with Crippen LogP contribution in [0.25, 0.3) is 0 Å². The van der Waals surface area contributed by atoms with E-state index < -0.39 is 29.2 Å². The molecule has 3 nitrogen and oxygen atoms in total. The summed E-state index contributed by atoms with van der Waals surface area (Å²) >= 11 is 3.35. The van der Waals surface area contributed by atoms with E-state index in [0.29, 0.717) is 19.5 Å². The lowest BCUT2D eigenvalue weighted by Crippen LogP contribution is -2.27. The molecule has 0 aliphatic carbocycles. The van der Waals surface area contributed by atoms with E-state index in [1.807, 2.05) is 29.2 Å². The SMILES string of the molecule is Fc1nc(F)c(F)c(NC2CCN(c3ccc(Br)cc3)C2)c1F. The van der Waals surface area contributed by atoms with Crippen molar-refractivity contribution in [1.29, 1.82) is 0 Å². The fourth-order valence-electron chi connectivity index (χ4n) is 2.58. The first-order valence-corrected chi connectivity index (χ1v) is 7.72.